The molecule has 5 heteroatoms. The minimum Gasteiger partial charge on any atom is -0.379 e. The van der Waals surface area contributed by atoms with Crippen LogP contribution in [0, 0.1) is 5.82 Å². The zero-order chi connectivity index (χ0) is 13.1. The van der Waals surface area contributed by atoms with Crippen molar-refractivity contribution in [2.75, 3.05) is 5.32 Å². The van der Waals surface area contributed by atoms with Crippen molar-refractivity contribution in [3.8, 4) is 0 Å². The number of carbonyl (C=O) groups is 1. The maximum Gasteiger partial charge on any atom is 0.251 e. The summed E-state index contributed by atoms with van der Waals surface area (Å²) < 4.78 is 15.2. The van der Waals surface area contributed by atoms with Crippen molar-refractivity contribution in [1.82, 2.24) is 4.57 Å². The first-order chi connectivity index (χ1) is 8.58. The van der Waals surface area contributed by atoms with Gasteiger partial charge in [-0.3, -0.25) is 4.79 Å². The molecule has 2 aromatic rings. The Morgan fingerprint density at radius 2 is 2.22 bits per heavy atom. The van der Waals surface area contributed by atoms with Gasteiger partial charge in [0.05, 0.1) is 12.1 Å². The van der Waals surface area contributed by atoms with E-state index in [9.17, 15) is 9.18 Å². The number of aryl methyl sites for hydroxylation is 1. The summed E-state index contributed by atoms with van der Waals surface area (Å²) in [4.78, 5) is 11.0. The van der Waals surface area contributed by atoms with Crippen molar-refractivity contribution < 1.29 is 9.18 Å². The Morgan fingerprint density at radius 1 is 1.44 bits per heavy atom. The van der Waals surface area contributed by atoms with E-state index in [0.29, 0.717) is 12.2 Å². The van der Waals surface area contributed by atoms with Crippen LogP contribution in [0.1, 0.15) is 16.1 Å². The van der Waals surface area contributed by atoms with Crippen LogP contribution in [0.3, 0.4) is 0 Å². The monoisotopic (exact) mass is 247 g/mol. The predicted octanol–water partition coefficient (Wildman–Crippen LogP) is 1.88. The van der Waals surface area contributed by atoms with Crippen LogP contribution in [0.2, 0.25) is 0 Å². The number of nitrogens with one attached hydrogen (secondary N) is 1. The third-order valence-corrected chi connectivity index (χ3v) is 2.76. The summed E-state index contributed by atoms with van der Waals surface area (Å²) in [6.07, 6.45) is 1.94. The lowest BCUT2D eigenvalue weighted by molar-refractivity contribution is 0.0996. The van der Waals surface area contributed by atoms with Crippen LogP contribution in [0.15, 0.2) is 36.5 Å². The van der Waals surface area contributed by atoms with Gasteiger partial charge in [-0.1, -0.05) is 0 Å². The fraction of sp³-hybridized carbons (Fsp3) is 0.154. The van der Waals surface area contributed by atoms with Gasteiger partial charge in [0.25, 0.3) is 5.91 Å². The third kappa shape index (κ3) is 2.51. The molecule has 1 aromatic carbocycles. The van der Waals surface area contributed by atoms with Crippen LogP contribution in [0.25, 0.3) is 0 Å². The van der Waals surface area contributed by atoms with E-state index in [1.807, 2.05) is 29.9 Å². The van der Waals surface area contributed by atoms with E-state index in [2.05, 4.69) is 5.32 Å². The molecule has 0 radical (unpaired) electrons. The molecule has 0 aliphatic rings. The van der Waals surface area contributed by atoms with Crippen molar-refractivity contribution in [3.05, 3.63) is 53.6 Å². The lowest BCUT2D eigenvalue weighted by Gasteiger charge is -2.09. The smallest absolute Gasteiger partial charge is 0.251 e. The van der Waals surface area contributed by atoms with Gasteiger partial charge in [-0.25, -0.2) is 4.39 Å². The van der Waals surface area contributed by atoms with Crippen LogP contribution in [0.5, 0.6) is 0 Å². The van der Waals surface area contributed by atoms with E-state index in [1.54, 1.807) is 6.07 Å². The van der Waals surface area contributed by atoms with E-state index in [4.69, 9.17) is 5.73 Å². The molecular weight excluding hydrogens is 233 g/mol. The number of primary amides is 1. The highest BCUT2D eigenvalue weighted by Gasteiger charge is 2.08. The third-order valence-electron chi connectivity index (χ3n) is 2.76. The lowest BCUT2D eigenvalue weighted by atomic mass is 10.2. The van der Waals surface area contributed by atoms with Gasteiger partial charge in [-0.05, 0) is 30.3 Å². The summed E-state index contributed by atoms with van der Waals surface area (Å²) in [7, 11) is 1.94. The van der Waals surface area contributed by atoms with Crippen LogP contribution in [0.4, 0.5) is 10.1 Å². The Kier molecular flexibility index (Phi) is 3.32. The summed E-state index contributed by atoms with van der Waals surface area (Å²) in [5.74, 6) is -1.37. The number of hydrogen-bond acceptors (Lipinski definition) is 2. The molecule has 94 valence electrons. The molecule has 0 atom stereocenters. The van der Waals surface area contributed by atoms with Crippen LogP contribution >= 0.6 is 0 Å². The predicted molar refractivity (Wildman–Crippen MR) is 67.7 cm³/mol. The molecular formula is C13H14FN3O. The fourth-order valence-electron chi connectivity index (χ4n) is 1.70. The molecule has 1 amide bonds. The molecule has 0 spiro atoms. The molecule has 2 rings (SSSR count). The minimum atomic E-state index is -0.769. The van der Waals surface area contributed by atoms with E-state index in [1.165, 1.54) is 12.1 Å². The summed E-state index contributed by atoms with van der Waals surface area (Å²) in [6, 6.07) is 8.14. The van der Waals surface area contributed by atoms with Gasteiger partial charge in [0, 0.05) is 24.6 Å². The Labute approximate surface area is 104 Å². The number of nitrogens with zero attached hydrogens (tertiary/aromatic N) is 1. The first kappa shape index (κ1) is 12.2. The molecule has 0 fully saturated rings. The molecule has 1 aromatic heterocycles. The quantitative estimate of drug-likeness (QED) is 0.866. The molecule has 18 heavy (non-hydrogen) atoms. The SMILES string of the molecule is Cn1cccc1CNc1ccc(F)c(C(N)=O)c1. The van der Waals surface area contributed by atoms with E-state index in [0.717, 1.165) is 5.69 Å². The van der Waals surface area contributed by atoms with Gasteiger partial charge < -0.3 is 15.6 Å². The lowest BCUT2D eigenvalue weighted by Crippen LogP contribution is -2.14. The standard InChI is InChI=1S/C13H14FN3O/c1-17-6-2-3-10(17)8-16-9-4-5-12(14)11(7-9)13(15)18/h2-7,16H,8H2,1H3,(H2,15,18). The number of anilines is 1. The van der Waals surface area contributed by atoms with Crippen molar-refractivity contribution in [1.29, 1.82) is 0 Å². The van der Waals surface area contributed by atoms with E-state index < -0.39 is 11.7 Å². The van der Waals surface area contributed by atoms with Gasteiger partial charge >= 0.3 is 0 Å². The Hall–Kier alpha value is -2.30. The fourth-order valence-corrected chi connectivity index (χ4v) is 1.70. The number of halogens is 1. The number of nitrogens with two attached hydrogens (primary N) is 1. The van der Waals surface area contributed by atoms with Gasteiger partial charge in [0.2, 0.25) is 0 Å². The second-order valence-corrected chi connectivity index (χ2v) is 4.02. The van der Waals surface area contributed by atoms with Crippen LogP contribution in [-0.4, -0.2) is 10.5 Å². The Balaban J connectivity index is 2.13. The molecule has 0 saturated heterocycles. The molecule has 0 unspecified atom stereocenters. The first-order valence-electron chi connectivity index (χ1n) is 5.51. The number of carbonyl (C=O) groups excluding carboxylic acids is 1. The number of amides is 1. The maximum absolute atomic E-state index is 13.3. The first-order valence-corrected chi connectivity index (χ1v) is 5.51. The second kappa shape index (κ2) is 4.91. The summed E-state index contributed by atoms with van der Waals surface area (Å²) in [6.45, 7) is 0.591. The van der Waals surface area contributed by atoms with Gasteiger partial charge in [0.15, 0.2) is 0 Å². The van der Waals surface area contributed by atoms with Crippen molar-refractivity contribution >= 4 is 11.6 Å². The Morgan fingerprint density at radius 3 is 2.83 bits per heavy atom. The van der Waals surface area contributed by atoms with Gasteiger partial charge in [0.1, 0.15) is 5.82 Å². The van der Waals surface area contributed by atoms with Crippen molar-refractivity contribution in [2.24, 2.45) is 12.8 Å². The topological polar surface area (TPSA) is 60.1 Å². The van der Waals surface area contributed by atoms with E-state index in [-0.39, 0.29) is 5.56 Å². The van der Waals surface area contributed by atoms with Crippen molar-refractivity contribution in [2.45, 2.75) is 6.54 Å². The summed E-state index contributed by atoms with van der Waals surface area (Å²) in [5.41, 5.74) is 6.72. The average molecular weight is 247 g/mol. The maximum atomic E-state index is 13.3. The molecule has 0 saturated carbocycles. The largest absolute Gasteiger partial charge is 0.379 e. The number of aromatic nitrogens is 1. The molecule has 0 aliphatic carbocycles. The minimum absolute atomic E-state index is 0.105. The molecule has 4 nitrogen and oxygen atoms in total. The molecule has 3 N–H and O–H groups in total. The molecule has 0 aliphatic heterocycles. The number of rotatable bonds is 4. The highest BCUT2D eigenvalue weighted by molar-refractivity contribution is 5.94. The molecule has 1 heterocycles. The highest BCUT2D eigenvalue weighted by Crippen LogP contribution is 2.15. The van der Waals surface area contributed by atoms with Crippen molar-refractivity contribution in [3.63, 3.8) is 0 Å². The van der Waals surface area contributed by atoms with Gasteiger partial charge in [-0.15, -0.1) is 0 Å². The zero-order valence-electron chi connectivity index (χ0n) is 9.98. The number of hydrogen-bond donors (Lipinski definition) is 2. The van der Waals surface area contributed by atoms with Crippen LogP contribution < -0.4 is 11.1 Å². The Bertz CT molecular complexity index is 577. The zero-order valence-corrected chi connectivity index (χ0v) is 9.98. The molecule has 0 bridgehead atoms. The number of benzene rings is 1. The van der Waals surface area contributed by atoms with Crippen LogP contribution in [-0.2, 0) is 13.6 Å². The second-order valence-electron chi connectivity index (χ2n) is 4.02. The highest BCUT2D eigenvalue weighted by atomic mass is 19.1. The van der Waals surface area contributed by atoms with E-state index >= 15 is 0 Å². The summed E-state index contributed by atoms with van der Waals surface area (Å²) in [5, 5.41) is 3.12. The van der Waals surface area contributed by atoms with Gasteiger partial charge in [-0.2, -0.15) is 0 Å². The summed E-state index contributed by atoms with van der Waals surface area (Å²) >= 11 is 0. The average Bonchev–Trinajstić information content (AvgIpc) is 2.73. The normalized spacial score (nSPS) is 10.3.